The molecule has 1 aliphatic heterocycles. The first kappa shape index (κ1) is 36.7. The highest BCUT2D eigenvalue weighted by Crippen LogP contribution is 2.41. The van der Waals surface area contributed by atoms with Crippen LogP contribution < -0.4 is 23.7 Å². The average Bonchev–Trinajstić information content (AvgIpc) is 3.06. The number of carbonyl (C=O) groups excluding carboxylic acids is 2. The summed E-state index contributed by atoms with van der Waals surface area (Å²) in [6, 6.07) is 13.2. The summed E-state index contributed by atoms with van der Waals surface area (Å²) in [4.78, 5) is 28.4. The van der Waals surface area contributed by atoms with Crippen LogP contribution in [0.1, 0.15) is 81.3 Å². The van der Waals surface area contributed by atoms with Gasteiger partial charge >= 0.3 is 5.97 Å². The van der Waals surface area contributed by atoms with Crippen LogP contribution in [0.5, 0.6) is 28.7 Å². The number of nitrogens with zero attached hydrogens (tertiary/aromatic N) is 1. The number of amides is 1. The van der Waals surface area contributed by atoms with Crippen molar-refractivity contribution in [2.45, 2.75) is 73.3 Å². The van der Waals surface area contributed by atoms with Gasteiger partial charge in [0.05, 0.1) is 32.5 Å². The van der Waals surface area contributed by atoms with E-state index in [4.69, 9.17) is 40.0 Å². The molecule has 0 saturated heterocycles. The smallest absolute Gasteiger partial charge is 0.344 e. The third kappa shape index (κ3) is 9.07. The van der Waals surface area contributed by atoms with Crippen molar-refractivity contribution >= 4 is 23.5 Å². The second-order valence-electron chi connectivity index (χ2n) is 11.8. The quantitative estimate of drug-likeness (QED) is 0.142. The Morgan fingerprint density at radius 3 is 2.06 bits per heavy atom. The number of hydrogen-bond acceptors (Lipinski definition) is 8. The van der Waals surface area contributed by atoms with Crippen molar-refractivity contribution in [2.75, 3.05) is 46.2 Å². The highest BCUT2D eigenvalue weighted by atomic mass is 35.5. The molecule has 0 bridgehead atoms. The Hall–Kier alpha value is -4.11. The largest absolute Gasteiger partial charge is 0.490 e. The number of carbonyl (C=O) groups is 2. The van der Waals surface area contributed by atoms with Gasteiger partial charge < -0.3 is 33.3 Å². The molecule has 3 aromatic carbocycles. The zero-order chi connectivity index (χ0) is 34.8. The highest BCUT2D eigenvalue weighted by molar-refractivity contribution is 6.31. The summed E-state index contributed by atoms with van der Waals surface area (Å²) in [5.41, 5.74) is 4.75. The van der Waals surface area contributed by atoms with Gasteiger partial charge in [0, 0.05) is 11.6 Å². The van der Waals surface area contributed by atoms with Crippen molar-refractivity contribution < 1.29 is 38.0 Å². The van der Waals surface area contributed by atoms with E-state index >= 15 is 0 Å². The van der Waals surface area contributed by atoms with Gasteiger partial charge in [-0.05, 0) is 118 Å². The van der Waals surface area contributed by atoms with Crippen LogP contribution in [0.4, 0.5) is 0 Å². The lowest BCUT2D eigenvalue weighted by molar-refractivity contribution is -0.154. The Kier molecular flexibility index (Phi) is 13.3. The molecule has 48 heavy (non-hydrogen) atoms. The second-order valence-corrected chi connectivity index (χ2v) is 12.2. The molecule has 0 N–H and O–H groups in total. The minimum atomic E-state index is -0.632. The molecule has 3 aromatic rings. The fourth-order valence-corrected chi connectivity index (χ4v) is 6.03. The van der Waals surface area contributed by atoms with Gasteiger partial charge in [-0.25, -0.2) is 4.79 Å². The third-order valence-corrected chi connectivity index (χ3v) is 8.54. The maximum Gasteiger partial charge on any atom is 0.344 e. The Balaban J connectivity index is 1.57. The van der Waals surface area contributed by atoms with Crippen molar-refractivity contribution in [3.05, 3.63) is 75.3 Å². The number of halogens is 1. The molecular weight excluding hydrogens is 634 g/mol. The maximum atomic E-state index is 13.8. The van der Waals surface area contributed by atoms with Gasteiger partial charge in [0.15, 0.2) is 36.2 Å². The van der Waals surface area contributed by atoms with E-state index in [-0.39, 0.29) is 24.5 Å². The predicted octanol–water partition coefficient (Wildman–Crippen LogP) is 7.66. The van der Waals surface area contributed by atoms with Gasteiger partial charge in [-0.3, -0.25) is 4.79 Å². The molecule has 0 spiro atoms. The van der Waals surface area contributed by atoms with E-state index in [0.29, 0.717) is 79.6 Å². The van der Waals surface area contributed by atoms with E-state index in [2.05, 4.69) is 0 Å². The lowest BCUT2D eigenvalue weighted by atomic mass is 9.88. The summed E-state index contributed by atoms with van der Waals surface area (Å²) in [5.74, 6) is 2.41. The van der Waals surface area contributed by atoms with Gasteiger partial charge in [-0.2, -0.15) is 0 Å². The van der Waals surface area contributed by atoms with Crippen LogP contribution in [0.15, 0.2) is 42.5 Å². The fraction of sp³-hybridized carbons (Fsp3) is 0.474. The molecular formula is C38H48ClNO8. The van der Waals surface area contributed by atoms with Crippen LogP contribution in [0.2, 0.25) is 5.02 Å². The van der Waals surface area contributed by atoms with E-state index in [1.54, 1.807) is 4.90 Å². The van der Waals surface area contributed by atoms with Gasteiger partial charge in [0.1, 0.15) is 5.75 Å². The molecule has 0 aromatic heterocycles. The summed E-state index contributed by atoms with van der Waals surface area (Å²) in [7, 11) is 0. The SMILES string of the molecule is CCOc1ccc(CC2c3cc(OCC)c(OCC)cc3CCN2C(=O)COC(=O)COc2cc(C)c(Cl)cc2C(C)C)cc1OCC. The molecule has 1 unspecified atom stereocenters. The summed E-state index contributed by atoms with van der Waals surface area (Å²) >= 11 is 6.32. The summed E-state index contributed by atoms with van der Waals surface area (Å²) < 4.78 is 34.8. The van der Waals surface area contributed by atoms with Crippen LogP contribution in [0, 0.1) is 6.92 Å². The van der Waals surface area contributed by atoms with Crippen LogP contribution >= 0.6 is 11.6 Å². The predicted molar refractivity (Wildman–Crippen MR) is 186 cm³/mol. The van der Waals surface area contributed by atoms with E-state index in [1.165, 1.54) is 0 Å². The zero-order valence-electron chi connectivity index (χ0n) is 29.2. The molecule has 0 saturated carbocycles. The van der Waals surface area contributed by atoms with Gasteiger partial charge in [-0.15, -0.1) is 0 Å². The first-order chi connectivity index (χ1) is 23.1. The monoisotopic (exact) mass is 681 g/mol. The average molecular weight is 682 g/mol. The first-order valence-electron chi connectivity index (χ1n) is 16.8. The van der Waals surface area contributed by atoms with Crippen molar-refractivity contribution in [1.29, 1.82) is 0 Å². The molecule has 10 heteroatoms. The van der Waals surface area contributed by atoms with Gasteiger partial charge in [0.2, 0.25) is 0 Å². The second kappa shape index (κ2) is 17.3. The molecule has 9 nitrogen and oxygen atoms in total. The Bertz CT molecular complexity index is 1570. The maximum absolute atomic E-state index is 13.8. The lowest BCUT2D eigenvalue weighted by Gasteiger charge is -2.38. The summed E-state index contributed by atoms with van der Waals surface area (Å²) in [6.07, 6.45) is 1.11. The van der Waals surface area contributed by atoms with Crippen LogP contribution in [-0.4, -0.2) is 63.0 Å². The van der Waals surface area contributed by atoms with Gasteiger partial charge in [-0.1, -0.05) is 31.5 Å². The standard InChI is InChI=1S/C38H48ClNO8/c1-8-43-32-13-12-26(18-34(32)44-9-2)17-31-29-21-36(46-11-4)35(45-10-3)19-27(29)14-15-40(31)37(41)22-48-38(42)23-47-33-16-25(7)30(39)20-28(33)24(5)6/h12-13,16,18-21,24,31H,8-11,14-15,17,22-23H2,1-7H3. The number of benzene rings is 3. The summed E-state index contributed by atoms with van der Waals surface area (Å²) in [5, 5.41) is 0.638. The molecule has 0 radical (unpaired) electrons. The Morgan fingerprint density at radius 2 is 1.42 bits per heavy atom. The molecule has 1 amide bonds. The summed E-state index contributed by atoms with van der Waals surface area (Å²) in [6.45, 7) is 15.3. The third-order valence-electron chi connectivity index (χ3n) is 8.13. The molecule has 0 fully saturated rings. The Labute approximate surface area is 289 Å². The minimum absolute atomic E-state index is 0.141. The van der Waals surface area contributed by atoms with E-state index in [1.807, 2.05) is 90.9 Å². The minimum Gasteiger partial charge on any atom is -0.490 e. The lowest BCUT2D eigenvalue weighted by Crippen LogP contribution is -2.43. The molecule has 0 aliphatic carbocycles. The van der Waals surface area contributed by atoms with E-state index in [9.17, 15) is 9.59 Å². The van der Waals surface area contributed by atoms with Crippen LogP contribution in [0.3, 0.4) is 0 Å². The molecule has 260 valence electrons. The first-order valence-corrected chi connectivity index (χ1v) is 17.2. The number of rotatable bonds is 16. The topological polar surface area (TPSA) is 92.8 Å². The van der Waals surface area contributed by atoms with Gasteiger partial charge in [0.25, 0.3) is 5.91 Å². The van der Waals surface area contributed by atoms with E-state index in [0.717, 1.165) is 27.8 Å². The van der Waals surface area contributed by atoms with Crippen molar-refractivity contribution in [1.82, 2.24) is 4.90 Å². The van der Waals surface area contributed by atoms with Crippen molar-refractivity contribution in [3.8, 4) is 28.7 Å². The van der Waals surface area contributed by atoms with Crippen molar-refractivity contribution in [2.24, 2.45) is 0 Å². The number of fused-ring (bicyclic) bond motifs is 1. The molecule has 1 aliphatic rings. The number of ether oxygens (including phenoxy) is 6. The molecule has 4 rings (SSSR count). The fourth-order valence-electron chi connectivity index (χ4n) is 5.86. The Morgan fingerprint density at radius 1 is 0.792 bits per heavy atom. The number of aryl methyl sites for hydroxylation is 1. The highest BCUT2D eigenvalue weighted by Gasteiger charge is 2.33. The normalized spacial score (nSPS) is 13.9. The van der Waals surface area contributed by atoms with E-state index < -0.39 is 12.6 Å². The molecule has 1 heterocycles. The number of esters is 1. The number of hydrogen-bond donors (Lipinski definition) is 0. The molecule has 1 atom stereocenters. The van der Waals surface area contributed by atoms with Crippen molar-refractivity contribution in [3.63, 3.8) is 0 Å². The van der Waals surface area contributed by atoms with Crippen LogP contribution in [-0.2, 0) is 27.2 Å². The zero-order valence-corrected chi connectivity index (χ0v) is 29.9. The van der Waals surface area contributed by atoms with Crippen LogP contribution in [0.25, 0.3) is 0 Å².